The zero-order valence-corrected chi connectivity index (χ0v) is 9.82. The summed E-state index contributed by atoms with van der Waals surface area (Å²) in [5.41, 5.74) is 6.73. The van der Waals surface area contributed by atoms with Crippen LogP contribution in [0.3, 0.4) is 0 Å². The zero-order valence-electron chi connectivity index (χ0n) is 9.82. The molecule has 1 atom stereocenters. The van der Waals surface area contributed by atoms with Gasteiger partial charge in [0.15, 0.2) is 0 Å². The molecule has 2 rings (SSSR count). The predicted octanol–water partition coefficient (Wildman–Crippen LogP) is 1.56. The van der Waals surface area contributed by atoms with Gasteiger partial charge in [0.25, 0.3) is 0 Å². The molecule has 88 valence electrons. The minimum atomic E-state index is 0.587. The summed E-state index contributed by atoms with van der Waals surface area (Å²) in [5.74, 6) is 0.587. The van der Waals surface area contributed by atoms with E-state index in [0.29, 0.717) is 11.9 Å². The zero-order chi connectivity index (χ0) is 11.4. The Kier molecular flexibility index (Phi) is 3.62. The quantitative estimate of drug-likeness (QED) is 0.808. The van der Waals surface area contributed by atoms with Gasteiger partial charge in [-0.2, -0.15) is 0 Å². The molecule has 0 saturated carbocycles. The van der Waals surface area contributed by atoms with E-state index in [0.717, 1.165) is 18.8 Å². The summed E-state index contributed by atoms with van der Waals surface area (Å²) in [6.45, 7) is 5.54. The molecular formula is C12H20N4. The summed E-state index contributed by atoms with van der Waals surface area (Å²) in [6.07, 6.45) is 4.30. The second kappa shape index (κ2) is 5.16. The molecule has 4 nitrogen and oxygen atoms in total. The van der Waals surface area contributed by atoms with Crippen LogP contribution in [0.2, 0.25) is 0 Å². The van der Waals surface area contributed by atoms with Crippen LogP contribution in [0.5, 0.6) is 0 Å². The van der Waals surface area contributed by atoms with Crippen molar-refractivity contribution in [3.63, 3.8) is 0 Å². The number of nitrogens with one attached hydrogen (secondary N) is 1. The Labute approximate surface area is 96.8 Å². The van der Waals surface area contributed by atoms with Crippen molar-refractivity contribution in [3.8, 4) is 0 Å². The topological polar surface area (TPSA) is 54.2 Å². The fourth-order valence-electron chi connectivity index (χ4n) is 2.34. The Balaban J connectivity index is 1.90. The molecular weight excluding hydrogens is 200 g/mol. The maximum absolute atomic E-state index is 5.79. The summed E-state index contributed by atoms with van der Waals surface area (Å²) in [6, 6.07) is 4.53. The molecule has 0 spiro atoms. The third-order valence-corrected chi connectivity index (χ3v) is 3.27. The minimum Gasteiger partial charge on any atom is -0.382 e. The van der Waals surface area contributed by atoms with Crippen LogP contribution >= 0.6 is 0 Å². The fourth-order valence-corrected chi connectivity index (χ4v) is 2.34. The average Bonchev–Trinajstić information content (AvgIpc) is 2.75. The van der Waals surface area contributed by atoms with Crippen LogP contribution in [0.15, 0.2) is 18.3 Å². The molecule has 1 aromatic rings. The molecule has 2 heterocycles. The van der Waals surface area contributed by atoms with Gasteiger partial charge in [-0.3, -0.25) is 4.90 Å². The van der Waals surface area contributed by atoms with Crippen LogP contribution < -0.4 is 11.1 Å². The first kappa shape index (κ1) is 11.2. The van der Waals surface area contributed by atoms with E-state index in [1.54, 1.807) is 6.20 Å². The molecule has 0 aromatic carbocycles. The first-order valence-electron chi connectivity index (χ1n) is 5.99. The van der Waals surface area contributed by atoms with Gasteiger partial charge in [-0.25, -0.2) is 4.98 Å². The van der Waals surface area contributed by atoms with Crippen molar-refractivity contribution in [3.05, 3.63) is 18.3 Å². The number of likely N-dealkylation sites (N-methyl/N-ethyl adjacent to an activating group) is 1. The van der Waals surface area contributed by atoms with Crippen LogP contribution in [-0.4, -0.2) is 35.6 Å². The molecule has 3 N–H and O–H groups in total. The summed E-state index contributed by atoms with van der Waals surface area (Å²) < 4.78 is 0. The van der Waals surface area contributed by atoms with Gasteiger partial charge in [-0.05, 0) is 38.1 Å². The highest BCUT2D eigenvalue weighted by Crippen LogP contribution is 2.19. The van der Waals surface area contributed by atoms with Crippen molar-refractivity contribution >= 4 is 11.5 Å². The van der Waals surface area contributed by atoms with Crippen LogP contribution in [-0.2, 0) is 0 Å². The first-order valence-corrected chi connectivity index (χ1v) is 5.99. The number of aromatic nitrogens is 1. The smallest absolute Gasteiger partial charge is 0.146 e. The SMILES string of the molecule is CCN1CCCC1CNc1cccnc1N. The average molecular weight is 220 g/mol. The monoisotopic (exact) mass is 220 g/mol. The molecule has 1 aromatic heterocycles. The second-order valence-electron chi connectivity index (χ2n) is 4.24. The van der Waals surface area contributed by atoms with Crippen molar-refractivity contribution in [1.82, 2.24) is 9.88 Å². The molecule has 1 saturated heterocycles. The fraction of sp³-hybridized carbons (Fsp3) is 0.583. The Bertz CT molecular complexity index is 340. The number of pyridine rings is 1. The van der Waals surface area contributed by atoms with Crippen molar-refractivity contribution in [2.45, 2.75) is 25.8 Å². The van der Waals surface area contributed by atoms with Crippen molar-refractivity contribution in [1.29, 1.82) is 0 Å². The number of hydrogen-bond acceptors (Lipinski definition) is 4. The van der Waals surface area contributed by atoms with E-state index in [4.69, 9.17) is 5.73 Å². The van der Waals surface area contributed by atoms with Gasteiger partial charge < -0.3 is 11.1 Å². The molecule has 0 bridgehead atoms. The normalized spacial score (nSPS) is 21.2. The van der Waals surface area contributed by atoms with Crippen molar-refractivity contribution in [2.75, 3.05) is 30.7 Å². The third-order valence-electron chi connectivity index (χ3n) is 3.27. The van der Waals surface area contributed by atoms with Gasteiger partial charge in [-0.1, -0.05) is 6.92 Å². The lowest BCUT2D eigenvalue weighted by molar-refractivity contribution is 0.277. The maximum atomic E-state index is 5.79. The lowest BCUT2D eigenvalue weighted by atomic mass is 10.2. The number of rotatable bonds is 4. The number of hydrogen-bond donors (Lipinski definition) is 2. The lowest BCUT2D eigenvalue weighted by Crippen LogP contribution is -2.34. The highest BCUT2D eigenvalue weighted by molar-refractivity contribution is 5.60. The van der Waals surface area contributed by atoms with E-state index in [9.17, 15) is 0 Å². The van der Waals surface area contributed by atoms with Crippen LogP contribution in [0, 0.1) is 0 Å². The third kappa shape index (κ3) is 2.44. The van der Waals surface area contributed by atoms with Gasteiger partial charge in [-0.15, -0.1) is 0 Å². The van der Waals surface area contributed by atoms with Gasteiger partial charge in [0.05, 0.1) is 5.69 Å². The standard InChI is InChI=1S/C12H20N4/c1-2-16-8-4-5-10(16)9-15-11-6-3-7-14-12(11)13/h3,6-7,10,15H,2,4-5,8-9H2,1H3,(H2,13,14). The van der Waals surface area contributed by atoms with Crippen molar-refractivity contribution < 1.29 is 0 Å². The number of nitrogen functional groups attached to an aromatic ring is 1. The second-order valence-corrected chi connectivity index (χ2v) is 4.24. The molecule has 0 aliphatic carbocycles. The van der Waals surface area contributed by atoms with Crippen molar-refractivity contribution in [2.24, 2.45) is 0 Å². The Morgan fingerprint density at radius 1 is 1.62 bits per heavy atom. The summed E-state index contributed by atoms with van der Waals surface area (Å²) in [4.78, 5) is 6.58. The van der Waals surface area contributed by atoms with E-state index in [1.165, 1.54) is 19.4 Å². The summed E-state index contributed by atoms with van der Waals surface area (Å²) >= 11 is 0. The van der Waals surface area contributed by atoms with E-state index < -0.39 is 0 Å². The molecule has 1 aliphatic rings. The molecule has 0 amide bonds. The largest absolute Gasteiger partial charge is 0.382 e. The molecule has 1 aliphatic heterocycles. The van der Waals surface area contributed by atoms with Crippen LogP contribution in [0.1, 0.15) is 19.8 Å². The van der Waals surface area contributed by atoms with E-state index in [2.05, 4.69) is 22.1 Å². The summed E-state index contributed by atoms with van der Waals surface area (Å²) in [5, 5.41) is 3.39. The summed E-state index contributed by atoms with van der Waals surface area (Å²) in [7, 11) is 0. The Morgan fingerprint density at radius 2 is 2.50 bits per heavy atom. The lowest BCUT2D eigenvalue weighted by Gasteiger charge is -2.23. The maximum Gasteiger partial charge on any atom is 0.146 e. The molecule has 16 heavy (non-hydrogen) atoms. The Morgan fingerprint density at radius 3 is 3.25 bits per heavy atom. The minimum absolute atomic E-state index is 0.587. The molecule has 0 radical (unpaired) electrons. The van der Waals surface area contributed by atoms with E-state index in [1.807, 2.05) is 12.1 Å². The van der Waals surface area contributed by atoms with Crippen LogP contribution in [0.4, 0.5) is 11.5 Å². The van der Waals surface area contributed by atoms with Gasteiger partial charge in [0.1, 0.15) is 5.82 Å². The Hall–Kier alpha value is -1.29. The molecule has 1 unspecified atom stereocenters. The van der Waals surface area contributed by atoms with Gasteiger partial charge in [0, 0.05) is 18.8 Å². The highest BCUT2D eigenvalue weighted by atomic mass is 15.2. The van der Waals surface area contributed by atoms with Crippen LogP contribution in [0.25, 0.3) is 0 Å². The first-order chi connectivity index (χ1) is 7.81. The number of anilines is 2. The number of nitrogens with zero attached hydrogens (tertiary/aromatic N) is 2. The van der Waals surface area contributed by atoms with Gasteiger partial charge in [0.2, 0.25) is 0 Å². The van der Waals surface area contributed by atoms with Gasteiger partial charge >= 0.3 is 0 Å². The molecule has 4 heteroatoms. The molecule has 1 fully saturated rings. The highest BCUT2D eigenvalue weighted by Gasteiger charge is 2.22. The number of nitrogens with two attached hydrogens (primary N) is 1. The predicted molar refractivity (Wildman–Crippen MR) is 67.4 cm³/mol. The van der Waals surface area contributed by atoms with E-state index in [-0.39, 0.29) is 0 Å². The number of likely N-dealkylation sites (tertiary alicyclic amines) is 1. The van der Waals surface area contributed by atoms with E-state index >= 15 is 0 Å².